The summed E-state index contributed by atoms with van der Waals surface area (Å²) in [7, 11) is 1.59. The molecule has 3 aromatic heterocycles. The quantitative estimate of drug-likeness (QED) is 0.612. The first-order valence-electron chi connectivity index (χ1n) is 9.04. The molecule has 0 aromatic carbocycles. The van der Waals surface area contributed by atoms with Gasteiger partial charge in [0, 0.05) is 24.0 Å². The second-order valence-electron chi connectivity index (χ2n) is 7.16. The van der Waals surface area contributed by atoms with Gasteiger partial charge in [-0.05, 0) is 50.1 Å². The highest BCUT2D eigenvalue weighted by Crippen LogP contribution is 2.33. The predicted octanol–water partition coefficient (Wildman–Crippen LogP) is 3.94. The van der Waals surface area contributed by atoms with Gasteiger partial charge < -0.3 is 20.5 Å². The van der Waals surface area contributed by atoms with Gasteiger partial charge in [0.2, 0.25) is 11.8 Å². The Labute approximate surface area is 161 Å². The van der Waals surface area contributed by atoms with Crippen molar-refractivity contribution < 1.29 is 9.84 Å². The molecule has 3 heterocycles. The Morgan fingerprint density at radius 1 is 1.26 bits per heavy atom. The highest BCUT2D eigenvalue weighted by molar-refractivity contribution is 7.17. The summed E-state index contributed by atoms with van der Waals surface area (Å²) in [4.78, 5) is 13.4. The SMILES string of the molecule is COc1cc(Nc2nc(NC3CCC(C)(O)CC3)c3sccc3n2)ccn1. The van der Waals surface area contributed by atoms with Crippen LogP contribution in [-0.4, -0.2) is 38.8 Å². The van der Waals surface area contributed by atoms with Gasteiger partial charge in [0.15, 0.2) is 0 Å². The lowest BCUT2D eigenvalue weighted by atomic mass is 9.84. The van der Waals surface area contributed by atoms with E-state index < -0.39 is 5.60 Å². The highest BCUT2D eigenvalue weighted by atomic mass is 32.1. The van der Waals surface area contributed by atoms with Crippen molar-refractivity contribution in [1.82, 2.24) is 15.0 Å². The third-order valence-electron chi connectivity index (χ3n) is 4.91. The lowest BCUT2D eigenvalue weighted by molar-refractivity contribution is 0.0196. The Bertz CT molecular complexity index is 933. The third kappa shape index (κ3) is 4.12. The summed E-state index contributed by atoms with van der Waals surface area (Å²) >= 11 is 1.63. The Kier molecular flexibility index (Phi) is 4.84. The van der Waals surface area contributed by atoms with Crippen molar-refractivity contribution in [2.75, 3.05) is 17.7 Å². The molecule has 7 nitrogen and oxygen atoms in total. The second-order valence-corrected chi connectivity index (χ2v) is 8.07. The van der Waals surface area contributed by atoms with Crippen LogP contribution in [0.5, 0.6) is 5.88 Å². The van der Waals surface area contributed by atoms with Gasteiger partial charge in [0.1, 0.15) is 5.82 Å². The first-order valence-corrected chi connectivity index (χ1v) is 9.92. The maximum absolute atomic E-state index is 10.2. The van der Waals surface area contributed by atoms with Gasteiger partial charge in [-0.15, -0.1) is 11.3 Å². The summed E-state index contributed by atoms with van der Waals surface area (Å²) in [5.41, 5.74) is 1.18. The van der Waals surface area contributed by atoms with Crippen LogP contribution in [-0.2, 0) is 0 Å². The van der Waals surface area contributed by atoms with Crippen LogP contribution in [0.2, 0.25) is 0 Å². The number of aromatic nitrogens is 3. The number of ether oxygens (including phenoxy) is 1. The molecule has 0 saturated heterocycles. The molecular formula is C19H23N5O2S. The molecule has 4 rings (SSSR count). The molecule has 0 bridgehead atoms. The third-order valence-corrected chi connectivity index (χ3v) is 5.82. The van der Waals surface area contributed by atoms with Crippen molar-refractivity contribution in [3.63, 3.8) is 0 Å². The van der Waals surface area contributed by atoms with E-state index in [1.54, 1.807) is 30.7 Å². The molecule has 1 aliphatic carbocycles. The monoisotopic (exact) mass is 385 g/mol. The van der Waals surface area contributed by atoms with Gasteiger partial charge in [-0.2, -0.15) is 4.98 Å². The van der Waals surface area contributed by atoms with Crippen LogP contribution in [0.1, 0.15) is 32.6 Å². The molecule has 0 aliphatic heterocycles. The minimum Gasteiger partial charge on any atom is -0.481 e. The molecule has 1 saturated carbocycles. The van der Waals surface area contributed by atoms with Crippen molar-refractivity contribution in [3.8, 4) is 5.88 Å². The summed E-state index contributed by atoms with van der Waals surface area (Å²) in [5.74, 6) is 1.90. The molecule has 3 N–H and O–H groups in total. The standard InChI is InChI=1S/C19H23N5O2S/c1-19(25)7-3-12(4-8-19)21-17-16-14(6-10-27-16)23-18(24-17)22-13-5-9-20-15(11-13)26-2/h5-6,9-12,25H,3-4,7-8H2,1-2H3,(H2,20,21,22,23,24). The Balaban J connectivity index is 1.58. The molecule has 3 aromatic rings. The van der Waals surface area contributed by atoms with Crippen molar-refractivity contribution in [2.24, 2.45) is 0 Å². The molecule has 0 spiro atoms. The molecule has 27 heavy (non-hydrogen) atoms. The van der Waals surface area contributed by atoms with Crippen LogP contribution in [0.3, 0.4) is 0 Å². The molecule has 0 atom stereocenters. The smallest absolute Gasteiger partial charge is 0.229 e. The zero-order chi connectivity index (χ0) is 18.9. The van der Waals surface area contributed by atoms with Gasteiger partial charge in [0.05, 0.1) is 22.9 Å². The number of nitrogens with zero attached hydrogens (tertiary/aromatic N) is 3. The summed E-state index contributed by atoms with van der Waals surface area (Å²) < 4.78 is 6.21. The zero-order valence-electron chi connectivity index (χ0n) is 15.4. The number of fused-ring (bicyclic) bond motifs is 1. The Morgan fingerprint density at radius 3 is 2.85 bits per heavy atom. The lowest BCUT2D eigenvalue weighted by Gasteiger charge is -2.33. The second kappa shape index (κ2) is 7.28. The molecule has 142 valence electrons. The van der Waals surface area contributed by atoms with E-state index in [9.17, 15) is 5.11 Å². The fourth-order valence-corrected chi connectivity index (χ4v) is 4.11. The minimum absolute atomic E-state index is 0.305. The van der Waals surface area contributed by atoms with Crippen LogP contribution < -0.4 is 15.4 Å². The zero-order valence-corrected chi connectivity index (χ0v) is 16.2. The van der Waals surface area contributed by atoms with E-state index in [1.807, 2.05) is 24.4 Å². The summed E-state index contributed by atoms with van der Waals surface area (Å²) in [5, 5.41) is 19.0. The van der Waals surface area contributed by atoms with Crippen LogP contribution in [0.4, 0.5) is 17.5 Å². The van der Waals surface area contributed by atoms with Crippen molar-refractivity contribution >= 4 is 39.0 Å². The number of hydrogen-bond donors (Lipinski definition) is 3. The van der Waals surface area contributed by atoms with Crippen molar-refractivity contribution in [1.29, 1.82) is 0 Å². The highest BCUT2D eigenvalue weighted by Gasteiger charge is 2.29. The topological polar surface area (TPSA) is 92.2 Å². The predicted molar refractivity (Wildman–Crippen MR) is 108 cm³/mol. The number of methoxy groups -OCH3 is 1. The number of rotatable bonds is 5. The first-order chi connectivity index (χ1) is 13.0. The Hall–Kier alpha value is -2.45. The van der Waals surface area contributed by atoms with E-state index in [1.165, 1.54) is 0 Å². The average molecular weight is 385 g/mol. The molecule has 0 amide bonds. The number of aliphatic hydroxyl groups is 1. The number of nitrogens with one attached hydrogen (secondary N) is 2. The van der Waals surface area contributed by atoms with E-state index >= 15 is 0 Å². The largest absolute Gasteiger partial charge is 0.481 e. The van der Waals surface area contributed by atoms with Crippen molar-refractivity contribution in [2.45, 2.75) is 44.2 Å². The average Bonchev–Trinajstić information content (AvgIpc) is 3.12. The van der Waals surface area contributed by atoms with E-state index in [0.717, 1.165) is 47.4 Å². The van der Waals surface area contributed by atoms with Gasteiger partial charge in [-0.1, -0.05) is 0 Å². The molecule has 1 fully saturated rings. The Morgan fingerprint density at radius 2 is 2.07 bits per heavy atom. The molecule has 0 unspecified atom stereocenters. The van der Waals surface area contributed by atoms with E-state index in [-0.39, 0.29) is 0 Å². The maximum Gasteiger partial charge on any atom is 0.229 e. The minimum atomic E-state index is -0.546. The summed E-state index contributed by atoms with van der Waals surface area (Å²) in [6.07, 6.45) is 5.12. The molecule has 0 radical (unpaired) electrons. The number of hydrogen-bond acceptors (Lipinski definition) is 8. The van der Waals surface area contributed by atoms with Gasteiger partial charge in [0.25, 0.3) is 0 Å². The van der Waals surface area contributed by atoms with Gasteiger partial charge in [-0.25, -0.2) is 9.97 Å². The van der Waals surface area contributed by atoms with E-state index in [0.29, 0.717) is 17.9 Å². The fourth-order valence-electron chi connectivity index (χ4n) is 3.32. The number of thiophene rings is 1. The van der Waals surface area contributed by atoms with E-state index in [4.69, 9.17) is 9.72 Å². The van der Waals surface area contributed by atoms with Gasteiger partial charge in [-0.3, -0.25) is 0 Å². The first kappa shape index (κ1) is 17.9. The molecular weight excluding hydrogens is 362 g/mol. The van der Waals surface area contributed by atoms with Gasteiger partial charge >= 0.3 is 0 Å². The summed E-state index contributed by atoms with van der Waals surface area (Å²) in [6.45, 7) is 1.91. The van der Waals surface area contributed by atoms with Crippen molar-refractivity contribution in [3.05, 3.63) is 29.8 Å². The number of anilines is 3. The van der Waals surface area contributed by atoms with E-state index in [2.05, 4.69) is 20.6 Å². The van der Waals surface area contributed by atoms with Crippen LogP contribution >= 0.6 is 11.3 Å². The van der Waals surface area contributed by atoms with Crippen LogP contribution in [0.15, 0.2) is 29.8 Å². The number of pyridine rings is 1. The van der Waals surface area contributed by atoms with Crippen LogP contribution in [0, 0.1) is 0 Å². The fraction of sp³-hybridized carbons (Fsp3) is 0.421. The van der Waals surface area contributed by atoms with Crippen LogP contribution in [0.25, 0.3) is 10.2 Å². The lowest BCUT2D eigenvalue weighted by Crippen LogP contribution is -2.35. The molecule has 1 aliphatic rings. The summed E-state index contributed by atoms with van der Waals surface area (Å²) in [6, 6.07) is 5.95. The normalized spacial score (nSPS) is 22.6. The molecule has 8 heteroatoms. The maximum atomic E-state index is 10.2.